The largest absolute Gasteiger partial charge is 0.394 e. The zero-order chi connectivity index (χ0) is 13.9. The molecule has 0 spiro atoms. The van der Waals surface area contributed by atoms with E-state index in [1.807, 2.05) is 30.3 Å². The molecule has 2 aromatic carbocycles. The van der Waals surface area contributed by atoms with Gasteiger partial charge in [-0.15, -0.1) is 0 Å². The third-order valence-corrected chi connectivity index (χ3v) is 3.79. The van der Waals surface area contributed by atoms with Crippen molar-refractivity contribution < 1.29 is 14.9 Å². The van der Waals surface area contributed by atoms with Crippen molar-refractivity contribution in [2.45, 2.75) is 24.7 Å². The highest BCUT2D eigenvalue weighted by Gasteiger charge is 2.34. The quantitative estimate of drug-likeness (QED) is 0.901. The fraction of sp³-hybridized carbons (Fsp3) is 0.294. The van der Waals surface area contributed by atoms with Crippen LogP contribution < -0.4 is 0 Å². The molecule has 104 valence electrons. The van der Waals surface area contributed by atoms with Gasteiger partial charge in [0, 0.05) is 6.42 Å². The van der Waals surface area contributed by atoms with Crippen molar-refractivity contribution in [3.8, 4) is 11.1 Å². The Morgan fingerprint density at radius 3 is 2.20 bits per heavy atom. The van der Waals surface area contributed by atoms with Crippen LogP contribution in [0.4, 0.5) is 0 Å². The highest BCUT2D eigenvalue weighted by atomic mass is 16.5. The van der Waals surface area contributed by atoms with Crippen LogP contribution in [0.3, 0.4) is 0 Å². The predicted octanol–water partition coefficient (Wildman–Crippen LogP) is 2.54. The lowest BCUT2D eigenvalue weighted by Crippen LogP contribution is -2.24. The first-order valence-corrected chi connectivity index (χ1v) is 6.87. The van der Waals surface area contributed by atoms with Crippen LogP contribution in [0.15, 0.2) is 54.6 Å². The van der Waals surface area contributed by atoms with Gasteiger partial charge in [0.05, 0.1) is 18.8 Å². The highest BCUT2D eigenvalue weighted by molar-refractivity contribution is 5.63. The number of aliphatic hydroxyl groups is 2. The average Bonchev–Trinajstić information content (AvgIpc) is 2.89. The summed E-state index contributed by atoms with van der Waals surface area (Å²) in [7, 11) is 0. The summed E-state index contributed by atoms with van der Waals surface area (Å²) < 4.78 is 5.65. The summed E-state index contributed by atoms with van der Waals surface area (Å²) in [5.41, 5.74) is 3.38. The number of ether oxygens (including phenoxy) is 1. The zero-order valence-corrected chi connectivity index (χ0v) is 11.1. The number of aliphatic hydroxyl groups excluding tert-OH is 2. The number of hydrogen-bond acceptors (Lipinski definition) is 3. The number of benzene rings is 2. The Morgan fingerprint density at radius 2 is 1.60 bits per heavy atom. The van der Waals surface area contributed by atoms with Crippen LogP contribution in [0.5, 0.6) is 0 Å². The molecule has 1 fully saturated rings. The Balaban J connectivity index is 1.77. The molecule has 0 amide bonds. The molecule has 0 bridgehead atoms. The summed E-state index contributed by atoms with van der Waals surface area (Å²) >= 11 is 0. The minimum absolute atomic E-state index is 0.132. The molecule has 1 saturated heterocycles. The molecule has 1 heterocycles. The second-order valence-corrected chi connectivity index (χ2v) is 5.14. The van der Waals surface area contributed by atoms with Gasteiger partial charge in [-0.3, -0.25) is 0 Å². The first kappa shape index (κ1) is 13.3. The van der Waals surface area contributed by atoms with Crippen molar-refractivity contribution in [3.05, 3.63) is 60.2 Å². The van der Waals surface area contributed by atoms with Gasteiger partial charge in [-0.05, 0) is 16.7 Å². The Kier molecular flexibility index (Phi) is 3.83. The van der Waals surface area contributed by atoms with Gasteiger partial charge < -0.3 is 14.9 Å². The van der Waals surface area contributed by atoms with Crippen LogP contribution >= 0.6 is 0 Å². The third kappa shape index (κ3) is 2.61. The summed E-state index contributed by atoms with van der Waals surface area (Å²) in [4.78, 5) is 0. The van der Waals surface area contributed by atoms with Crippen molar-refractivity contribution in [3.63, 3.8) is 0 Å². The molecule has 3 rings (SSSR count). The Morgan fingerprint density at radius 1 is 0.950 bits per heavy atom. The molecule has 0 radical (unpaired) electrons. The van der Waals surface area contributed by atoms with Crippen LogP contribution in [-0.2, 0) is 4.74 Å². The Hall–Kier alpha value is -1.68. The van der Waals surface area contributed by atoms with Gasteiger partial charge >= 0.3 is 0 Å². The summed E-state index contributed by atoms with van der Waals surface area (Å²) in [5.74, 6) is 0. The molecule has 2 aromatic rings. The van der Waals surface area contributed by atoms with Crippen LogP contribution in [0.25, 0.3) is 11.1 Å². The zero-order valence-electron chi connectivity index (χ0n) is 11.1. The summed E-state index contributed by atoms with van der Waals surface area (Å²) in [6, 6.07) is 18.4. The lowest BCUT2D eigenvalue weighted by molar-refractivity contribution is -0.0225. The fourth-order valence-electron chi connectivity index (χ4n) is 2.63. The average molecular weight is 270 g/mol. The molecule has 0 aromatic heterocycles. The van der Waals surface area contributed by atoms with E-state index in [0.29, 0.717) is 6.42 Å². The second kappa shape index (κ2) is 5.75. The van der Waals surface area contributed by atoms with Gasteiger partial charge in [-0.2, -0.15) is 0 Å². The van der Waals surface area contributed by atoms with E-state index in [-0.39, 0.29) is 12.7 Å². The van der Waals surface area contributed by atoms with Crippen molar-refractivity contribution in [2.75, 3.05) is 6.61 Å². The summed E-state index contributed by atoms with van der Waals surface area (Å²) in [6.45, 7) is -0.139. The summed E-state index contributed by atoms with van der Waals surface area (Å²) in [6.07, 6.45) is -0.643. The standard InChI is InChI=1S/C17H18O3/c18-11-17-15(19)10-16(20-17)14-8-6-13(7-9-14)12-4-2-1-3-5-12/h1-9,15-19H,10-11H2/t15-,16+,17+/m0/s1. The van der Waals surface area contributed by atoms with E-state index in [1.165, 1.54) is 5.56 Å². The van der Waals surface area contributed by atoms with Gasteiger partial charge in [0.2, 0.25) is 0 Å². The molecule has 3 heteroatoms. The molecule has 0 saturated carbocycles. The molecule has 1 aliphatic rings. The van der Waals surface area contributed by atoms with Crippen molar-refractivity contribution in [2.24, 2.45) is 0 Å². The first-order valence-electron chi connectivity index (χ1n) is 6.87. The molecule has 3 nitrogen and oxygen atoms in total. The van der Waals surface area contributed by atoms with E-state index in [0.717, 1.165) is 11.1 Å². The predicted molar refractivity (Wildman–Crippen MR) is 77.2 cm³/mol. The van der Waals surface area contributed by atoms with Crippen LogP contribution in [-0.4, -0.2) is 29.0 Å². The monoisotopic (exact) mass is 270 g/mol. The normalized spacial score (nSPS) is 25.8. The Labute approximate surface area is 118 Å². The van der Waals surface area contributed by atoms with Gasteiger partial charge in [-0.1, -0.05) is 54.6 Å². The molecule has 2 N–H and O–H groups in total. The SMILES string of the molecule is OC[C@H]1O[C@@H](c2ccc(-c3ccccc3)cc2)C[C@@H]1O. The number of hydrogen-bond donors (Lipinski definition) is 2. The van der Waals surface area contributed by atoms with E-state index in [1.54, 1.807) is 0 Å². The highest BCUT2D eigenvalue weighted by Crippen LogP contribution is 2.33. The van der Waals surface area contributed by atoms with E-state index in [9.17, 15) is 5.11 Å². The topological polar surface area (TPSA) is 49.7 Å². The first-order chi connectivity index (χ1) is 9.78. The molecular weight excluding hydrogens is 252 g/mol. The lowest BCUT2D eigenvalue weighted by atomic mass is 10.00. The van der Waals surface area contributed by atoms with Gasteiger partial charge in [0.1, 0.15) is 6.10 Å². The van der Waals surface area contributed by atoms with Gasteiger partial charge in [0.25, 0.3) is 0 Å². The lowest BCUT2D eigenvalue weighted by Gasteiger charge is -2.13. The van der Waals surface area contributed by atoms with E-state index >= 15 is 0 Å². The molecule has 0 unspecified atom stereocenters. The maximum absolute atomic E-state index is 9.77. The second-order valence-electron chi connectivity index (χ2n) is 5.14. The van der Waals surface area contributed by atoms with Crippen molar-refractivity contribution in [1.29, 1.82) is 0 Å². The van der Waals surface area contributed by atoms with E-state index in [4.69, 9.17) is 9.84 Å². The summed E-state index contributed by atoms with van der Waals surface area (Å²) in [5, 5.41) is 18.9. The minimum atomic E-state index is -0.584. The minimum Gasteiger partial charge on any atom is -0.394 e. The van der Waals surface area contributed by atoms with E-state index < -0.39 is 12.2 Å². The molecule has 1 aliphatic heterocycles. The maximum Gasteiger partial charge on any atom is 0.107 e. The third-order valence-electron chi connectivity index (χ3n) is 3.79. The Bertz CT molecular complexity index is 550. The maximum atomic E-state index is 9.77. The molecule has 3 atom stereocenters. The fourth-order valence-corrected chi connectivity index (χ4v) is 2.63. The van der Waals surface area contributed by atoms with Crippen LogP contribution in [0.2, 0.25) is 0 Å². The van der Waals surface area contributed by atoms with Gasteiger partial charge in [-0.25, -0.2) is 0 Å². The smallest absolute Gasteiger partial charge is 0.107 e. The molecule has 20 heavy (non-hydrogen) atoms. The van der Waals surface area contributed by atoms with Crippen LogP contribution in [0.1, 0.15) is 18.1 Å². The van der Waals surface area contributed by atoms with E-state index in [2.05, 4.69) is 24.3 Å². The van der Waals surface area contributed by atoms with Gasteiger partial charge in [0.15, 0.2) is 0 Å². The van der Waals surface area contributed by atoms with Crippen molar-refractivity contribution >= 4 is 0 Å². The molecular formula is C17H18O3. The molecule has 0 aliphatic carbocycles. The van der Waals surface area contributed by atoms with Crippen molar-refractivity contribution in [1.82, 2.24) is 0 Å². The number of rotatable bonds is 3. The van der Waals surface area contributed by atoms with Crippen LogP contribution in [0, 0.1) is 0 Å².